The van der Waals surface area contributed by atoms with E-state index in [2.05, 4.69) is 10.6 Å². The van der Waals surface area contributed by atoms with Gasteiger partial charge in [-0.25, -0.2) is 4.79 Å². The summed E-state index contributed by atoms with van der Waals surface area (Å²) in [5.74, 6) is 0.667. The number of benzene rings is 1. The van der Waals surface area contributed by atoms with E-state index in [9.17, 15) is 9.90 Å². The lowest BCUT2D eigenvalue weighted by Crippen LogP contribution is -2.54. The summed E-state index contributed by atoms with van der Waals surface area (Å²) in [5, 5.41) is 19.3. The molecule has 1 aromatic carbocycles. The van der Waals surface area contributed by atoms with Gasteiger partial charge in [0.25, 0.3) is 0 Å². The molecule has 6 nitrogen and oxygen atoms in total. The Kier molecular flexibility index (Phi) is 11.6. The minimum atomic E-state index is -1.02. The molecule has 1 unspecified atom stereocenters. The summed E-state index contributed by atoms with van der Waals surface area (Å²) in [5.41, 5.74) is -0.176. The molecule has 1 aliphatic carbocycles. The summed E-state index contributed by atoms with van der Waals surface area (Å²) in [7, 11) is 3.65. The number of piperidine rings is 1. The van der Waals surface area contributed by atoms with E-state index in [0.29, 0.717) is 30.5 Å². The van der Waals surface area contributed by atoms with Gasteiger partial charge >= 0.3 is 6.03 Å². The van der Waals surface area contributed by atoms with Crippen LogP contribution >= 0.6 is 11.6 Å². The molecule has 1 aliphatic heterocycles. The van der Waals surface area contributed by atoms with Crippen LogP contribution in [0.1, 0.15) is 76.2 Å². The van der Waals surface area contributed by atoms with Crippen molar-refractivity contribution in [2.24, 2.45) is 11.8 Å². The number of hydrogen-bond acceptors (Lipinski definition) is 4. The first-order valence-corrected chi connectivity index (χ1v) is 14.0. The molecule has 0 bridgehead atoms. The van der Waals surface area contributed by atoms with Gasteiger partial charge in [-0.1, -0.05) is 55.8 Å². The molecule has 1 heterocycles. The Morgan fingerprint density at radius 3 is 2.74 bits per heavy atom. The van der Waals surface area contributed by atoms with Crippen LogP contribution in [0.5, 0.6) is 0 Å². The van der Waals surface area contributed by atoms with Gasteiger partial charge in [-0.15, -0.1) is 0 Å². The molecule has 1 saturated carbocycles. The van der Waals surface area contributed by atoms with Gasteiger partial charge in [0.1, 0.15) is 0 Å². The number of hydrogen-bond donors (Lipinski definition) is 3. The van der Waals surface area contributed by atoms with E-state index >= 15 is 0 Å². The number of nitrogens with zero attached hydrogens (tertiary/aromatic N) is 1. The van der Waals surface area contributed by atoms with Gasteiger partial charge < -0.3 is 25.4 Å². The fourth-order valence-corrected chi connectivity index (χ4v) is 6.26. The average Bonchev–Trinajstić information content (AvgIpc) is 2.87. The molecular weight excluding hydrogens is 462 g/mol. The molecule has 0 aromatic heterocycles. The van der Waals surface area contributed by atoms with Gasteiger partial charge in [0.2, 0.25) is 0 Å². The van der Waals surface area contributed by atoms with Crippen molar-refractivity contribution in [3.63, 3.8) is 0 Å². The summed E-state index contributed by atoms with van der Waals surface area (Å²) >= 11 is 6.31. The molecular formula is C28H46ClN3O3. The van der Waals surface area contributed by atoms with Crippen molar-refractivity contribution >= 4 is 17.6 Å². The Balaban J connectivity index is 1.67. The number of carbonyl (C=O) groups excluding carboxylic acids is 1. The summed E-state index contributed by atoms with van der Waals surface area (Å²) in [6.45, 7) is 2.74. The maximum absolute atomic E-state index is 13.4. The molecule has 35 heavy (non-hydrogen) atoms. The van der Waals surface area contributed by atoms with Gasteiger partial charge in [0, 0.05) is 50.3 Å². The highest BCUT2D eigenvalue weighted by Crippen LogP contribution is 2.40. The standard InChI is InChI=1S/C28H46ClN3O3/c1-30-20-26(18-22-10-4-3-5-11-22)31-27(33)32-16-9-13-24(21-32)28(34,15-6-7-17-35-2)23-12-8-14-25(29)19-23/h8,12,14,19,22,24,26,30,34H,3-7,9-11,13,15-18,20-21H2,1-2H3,(H,31,33)/t24-,26?,28-/m1/s1. The summed E-state index contributed by atoms with van der Waals surface area (Å²) in [4.78, 5) is 15.3. The number of halogens is 1. The Hall–Kier alpha value is -1.34. The predicted molar refractivity (Wildman–Crippen MR) is 143 cm³/mol. The van der Waals surface area contributed by atoms with E-state index in [1.54, 1.807) is 7.11 Å². The van der Waals surface area contributed by atoms with E-state index in [-0.39, 0.29) is 18.0 Å². The van der Waals surface area contributed by atoms with Gasteiger partial charge in [0.05, 0.1) is 5.60 Å². The smallest absolute Gasteiger partial charge is 0.317 e. The van der Waals surface area contributed by atoms with Crippen molar-refractivity contribution in [1.82, 2.24) is 15.5 Å². The van der Waals surface area contributed by atoms with E-state index in [0.717, 1.165) is 50.8 Å². The zero-order valence-electron chi connectivity index (χ0n) is 21.7. The monoisotopic (exact) mass is 507 g/mol. The van der Waals surface area contributed by atoms with Crippen LogP contribution in [-0.4, -0.2) is 62.5 Å². The first kappa shape index (κ1) is 28.2. The number of urea groups is 1. The highest BCUT2D eigenvalue weighted by molar-refractivity contribution is 6.30. The maximum atomic E-state index is 13.4. The van der Waals surface area contributed by atoms with Gasteiger partial charge in [-0.3, -0.25) is 0 Å². The number of ether oxygens (including phenoxy) is 1. The molecule has 7 heteroatoms. The van der Waals surface area contributed by atoms with Gasteiger partial charge in [0.15, 0.2) is 0 Å². The van der Waals surface area contributed by atoms with Crippen molar-refractivity contribution < 1.29 is 14.6 Å². The van der Waals surface area contributed by atoms with Crippen molar-refractivity contribution in [1.29, 1.82) is 0 Å². The lowest BCUT2D eigenvalue weighted by Gasteiger charge is -2.43. The molecule has 198 valence electrons. The van der Waals surface area contributed by atoms with E-state index < -0.39 is 5.60 Å². The molecule has 1 aromatic rings. The second-order valence-electron chi connectivity index (χ2n) is 10.6. The minimum Gasteiger partial charge on any atom is -0.385 e. The molecule has 1 saturated heterocycles. The Labute approximate surface area is 217 Å². The largest absolute Gasteiger partial charge is 0.385 e. The lowest BCUT2D eigenvalue weighted by atomic mass is 9.74. The Morgan fingerprint density at radius 1 is 1.23 bits per heavy atom. The van der Waals surface area contributed by atoms with Crippen LogP contribution in [-0.2, 0) is 10.3 Å². The summed E-state index contributed by atoms with van der Waals surface area (Å²) in [6, 6.07) is 7.72. The van der Waals surface area contributed by atoms with Crippen LogP contribution in [0.4, 0.5) is 4.79 Å². The lowest BCUT2D eigenvalue weighted by molar-refractivity contribution is -0.0564. The number of rotatable bonds is 12. The second-order valence-corrected chi connectivity index (χ2v) is 11.0. The second kappa shape index (κ2) is 14.4. The number of amides is 2. The fraction of sp³-hybridized carbons (Fsp3) is 0.750. The first-order chi connectivity index (χ1) is 17.0. The van der Waals surface area contributed by atoms with Crippen molar-refractivity contribution in [3.05, 3.63) is 34.9 Å². The van der Waals surface area contributed by atoms with Crippen LogP contribution < -0.4 is 10.6 Å². The molecule has 2 fully saturated rings. The van der Waals surface area contributed by atoms with Crippen LogP contribution in [0.15, 0.2) is 24.3 Å². The number of unbranched alkanes of at least 4 members (excludes halogenated alkanes) is 1. The number of likely N-dealkylation sites (N-methyl/N-ethyl adjacent to an activating group) is 1. The van der Waals surface area contributed by atoms with Crippen LogP contribution in [0, 0.1) is 11.8 Å². The summed E-state index contributed by atoms with van der Waals surface area (Å²) in [6.07, 6.45) is 11.7. The quantitative estimate of drug-likeness (QED) is 0.334. The third-order valence-electron chi connectivity index (χ3n) is 7.99. The van der Waals surface area contributed by atoms with Gasteiger partial charge in [-0.05, 0) is 69.2 Å². The van der Waals surface area contributed by atoms with Crippen LogP contribution in [0.2, 0.25) is 5.02 Å². The fourth-order valence-electron chi connectivity index (χ4n) is 6.07. The van der Waals surface area contributed by atoms with Crippen molar-refractivity contribution in [2.45, 2.75) is 82.3 Å². The van der Waals surface area contributed by atoms with E-state index in [4.69, 9.17) is 16.3 Å². The summed E-state index contributed by atoms with van der Waals surface area (Å²) < 4.78 is 5.22. The molecule has 3 N–H and O–H groups in total. The van der Waals surface area contributed by atoms with Gasteiger partial charge in [-0.2, -0.15) is 0 Å². The van der Waals surface area contributed by atoms with Crippen LogP contribution in [0.25, 0.3) is 0 Å². The zero-order chi connectivity index (χ0) is 25.1. The SMILES string of the molecule is CNCC(CC1CCCCC1)NC(=O)N1CCC[C@@H]([C@@](O)(CCCCOC)c2cccc(Cl)c2)C1. The average molecular weight is 508 g/mol. The normalized spacial score (nSPS) is 21.9. The molecule has 2 aliphatic rings. The van der Waals surface area contributed by atoms with Crippen LogP contribution in [0.3, 0.4) is 0 Å². The topological polar surface area (TPSA) is 73.8 Å². The highest BCUT2D eigenvalue weighted by atomic mass is 35.5. The first-order valence-electron chi connectivity index (χ1n) is 13.6. The molecule has 0 spiro atoms. The third kappa shape index (κ3) is 8.34. The molecule has 0 radical (unpaired) electrons. The third-order valence-corrected chi connectivity index (χ3v) is 8.22. The number of carbonyl (C=O) groups is 1. The molecule has 3 rings (SSSR count). The van der Waals surface area contributed by atoms with Crippen molar-refractivity contribution in [3.8, 4) is 0 Å². The van der Waals surface area contributed by atoms with Crippen molar-refractivity contribution in [2.75, 3.05) is 40.4 Å². The highest BCUT2D eigenvalue weighted by Gasteiger charge is 2.41. The molecule has 3 atom stereocenters. The van der Waals surface area contributed by atoms with E-state index in [1.165, 1.54) is 32.1 Å². The molecule has 2 amide bonds. The number of aliphatic hydroxyl groups is 1. The number of methoxy groups -OCH3 is 1. The zero-order valence-corrected chi connectivity index (χ0v) is 22.5. The Bertz CT molecular complexity index is 774. The predicted octanol–water partition coefficient (Wildman–Crippen LogP) is 5.32. The maximum Gasteiger partial charge on any atom is 0.317 e. The Morgan fingerprint density at radius 2 is 2.03 bits per heavy atom. The number of nitrogens with one attached hydrogen (secondary N) is 2. The van der Waals surface area contributed by atoms with E-state index in [1.807, 2.05) is 36.2 Å². The minimum absolute atomic E-state index is 0.00131. The number of likely N-dealkylation sites (tertiary alicyclic amines) is 1.